The summed E-state index contributed by atoms with van der Waals surface area (Å²) in [5, 5.41) is 14.6. The van der Waals surface area contributed by atoms with Gasteiger partial charge in [0, 0.05) is 16.8 Å². The van der Waals surface area contributed by atoms with Crippen molar-refractivity contribution in [2.45, 2.75) is 19.1 Å². The van der Waals surface area contributed by atoms with Crippen molar-refractivity contribution in [1.82, 2.24) is 20.0 Å². The number of thioether (sulfide) groups is 1. The van der Waals surface area contributed by atoms with Crippen LogP contribution < -0.4 is 5.32 Å². The zero-order valence-electron chi connectivity index (χ0n) is 13.4. The molecule has 0 spiro atoms. The number of nitrogens with one attached hydrogen (secondary N) is 2. The summed E-state index contributed by atoms with van der Waals surface area (Å²) in [5.41, 5.74) is 5.21. The zero-order chi connectivity index (χ0) is 16.7. The first-order chi connectivity index (χ1) is 11.6. The summed E-state index contributed by atoms with van der Waals surface area (Å²) in [5.74, 6) is 1.07. The number of hydrogen-bond acceptors (Lipinski definition) is 4. The third-order valence-corrected chi connectivity index (χ3v) is 5.46. The van der Waals surface area contributed by atoms with E-state index in [4.69, 9.17) is 5.10 Å². The Labute approximate surface area is 143 Å². The summed E-state index contributed by atoms with van der Waals surface area (Å²) >= 11 is 1.60. The van der Waals surface area contributed by atoms with Gasteiger partial charge in [-0.15, -0.1) is 11.8 Å². The van der Waals surface area contributed by atoms with Crippen molar-refractivity contribution in [1.29, 1.82) is 0 Å². The van der Waals surface area contributed by atoms with E-state index in [-0.39, 0.29) is 11.2 Å². The molecule has 0 unspecified atom stereocenters. The van der Waals surface area contributed by atoms with E-state index in [1.165, 1.54) is 0 Å². The SMILES string of the molecule is Cc1nn(-c2ccccc2)c(C)c1[C@H]1SCC(=O)Nc2[nH]ncc21. The molecule has 7 heteroatoms. The number of aryl methyl sites for hydroxylation is 1. The van der Waals surface area contributed by atoms with Gasteiger partial charge >= 0.3 is 0 Å². The van der Waals surface area contributed by atoms with E-state index in [0.29, 0.717) is 11.6 Å². The normalized spacial score (nSPS) is 17.2. The minimum Gasteiger partial charge on any atom is -0.310 e. The molecule has 1 aliphatic heterocycles. The van der Waals surface area contributed by atoms with Crippen molar-refractivity contribution in [2.75, 3.05) is 11.1 Å². The average molecular weight is 339 g/mol. The van der Waals surface area contributed by atoms with Gasteiger partial charge in [0.1, 0.15) is 5.82 Å². The number of H-pyrrole nitrogens is 1. The smallest absolute Gasteiger partial charge is 0.235 e. The Morgan fingerprint density at radius 2 is 2.04 bits per heavy atom. The third kappa shape index (κ3) is 2.41. The maximum Gasteiger partial charge on any atom is 0.235 e. The van der Waals surface area contributed by atoms with E-state index in [9.17, 15) is 4.79 Å². The molecule has 0 bridgehead atoms. The number of aromatic amines is 1. The fraction of sp³-hybridized carbons (Fsp3) is 0.235. The number of para-hydroxylation sites is 1. The predicted octanol–water partition coefficient (Wildman–Crippen LogP) is 2.99. The summed E-state index contributed by atoms with van der Waals surface area (Å²) in [6.45, 7) is 4.09. The Kier molecular flexibility index (Phi) is 3.65. The van der Waals surface area contributed by atoms with Gasteiger partial charge in [-0.3, -0.25) is 9.89 Å². The van der Waals surface area contributed by atoms with Crippen LogP contribution >= 0.6 is 11.8 Å². The first-order valence-electron chi connectivity index (χ1n) is 7.71. The number of fused-ring (bicyclic) bond motifs is 1. The van der Waals surface area contributed by atoms with Crippen molar-refractivity contribution in [3.63, 3.8) is 0 Å². The lowest BCUT2D eigenvalue weighted by atomic mass is 10.0. The molecule has 0 saturated heterocycles. The van der Waals surface area contributed by atoms with E-state index in [0.717, 1.165) is 28.2 Å². The fourth-order valence-electron chi connectivity index (χ4n) is 3.11. The molecule has 1 aromatic carbocycles. The largest absolute Gasteiger partial charge is 0.310 e. The number of carbonyl (C=O) groups is 1. The lowest BCUT2D eigenvalue weighted by Crippen LogP contribution is -2.12. The van der Waals surface area contributed by atoms with Gasteiger partial charge < -0.3 is 5.32 Å². The van der Waals surface area contributed by atoms with Crippen molar-refractivity contribution in [2.24, 2.45) is 0 Å². The van der Waals surface area contributed by atoms with Gasteiger partial charge in [-0.25, -0.2) is 4.68 Å². The topological polar surface area (TPSA) is 75.6 Å². The average Bonchev–Trinajstić information content (AvgIpc) is 3.11. The number of anilines is 1. The molecule has 122 valence electrons. The highest BCUT2D eigenvalue weighted by Crippen LogP contribution is 2.43. The molecule has 24 heavy (non-hydrogen) atoms. The summed E-state index contributed by atoms with van der Waals surface area (Å²) in [6, 6.07) is 10.1. The Balaban J connectivity index is 1.84. The van der Waals surface area contributed by atoms with E-state index in [1.54, 1.807) is 18.0 Å². The van der Waals surface area contributed by atoms with E-state index in [1.807, 2.05) is 41.9 Å². The zero-order valence-corrected chi connectivity index (χ0v) is 14.2. The Morgan fingerprint density at radius 3 is 2.83 bits per heavy atom. The van der Waals surface area contributed by atoms with Crippen molar-refractivity contribution in [3.8, 4) is 5.69 Å². The van der Waals surface area contributed by atoms with E-state index < -0.39 is 0 Å². The second kappa shape index (κ2) is 5.83. The lowest BCUT2D eigenvalue weighted by molar-refractivity contribution is -0.113. The third-order valence-electron chi connectivity index (χ3n) is 4.21. The number of hydrogen-bond donors (Lipinski definition) is 2. The standard InChI is InChI=1S/C17H17N5OS/c1-10-15(11(2)22(21-10)12-6-4-3-5-7-12)16-13-8-18-20-17(13)19-14(23)9-24-16/h3-8,16H,9H2,1-2H3,(H2,18,19,20,23)/t16-/m0/s1. The van der Waals surface area contributed by atoms with Gasteiger partial charge in [-0.2, -0.15) is 10.2 Å². The number of benzene rings is 1. The van der Waals surface area contributed by atoms with Crippen LogP contribution in [0.5, 0.6) is 0 Å². The monoisotopic (exact) mass is 339 g/mol. The highest BCUT2D eigenvalue weighted by molar-refractivity contribution is 8.00. The van der Waals surface area contributed by atoms with Gasteiger partial charge in [-0.1, -0.05) is 18.2 Å². The molecule has 0 aliphatic carbocycles. The number of aromatic nitrogens is 4. The van der Waals surface area contributed by atoms with Crippen LogP contribution in [-0.2, 0) is 4.79 Å². The molecule has 1 amide bonds. The Hall–Kier alpha value is -2.54. The molecule has 2 aromatic heterocycles. The summed E-state index contributed by atoms with van der Waals surface area (Å²) in [6.07, 6.45) is 1.79. The highest BCUT2D eigenvalue weighted by atomic mass is 32.2. The molecule has 1 aliphatic rings. The summed E-state index contributed by atoms with van der Waals surface area (Å²) in [7, 11) is 0. The molecule has 6 nitrogen and oxygen atoms in total. The van der Waals surface area contributed by atoms with Crippen LogP contribution in [0, 0.1) is 13.8 Å². The quantitative estimate of drug-likeness (QED) is 0.752. The first kappa shape index (κ1) is 15.0. The van der Waals surface area contributed by atoms with Crippen LogP contribution in [0.2, 0.25) is 0 Å². The van der Waals surface area contributed by atoms with E-state index >= 15 is 0 Å². The maximum atomic E-state index is 11.9. The van der Waals surface area contributed by atoms with E-state index in [2.05, 4.69) is 22.4 Å². The van der Waals surface area contributed by atoms with Crippen LogP contribution in [0.25, 0.3) is 5.69 Å². The van der Waals surface area contributed by atoms with Gasteiger partial charge in [-0.05, 0) is 26.0 Å². The first-order valence-corrected chi connectivity index (χ1v) is 8.76. The Bertz CT molecular complexity index is 899. The minimum atomic E-state index is -0.0150. The number of rotatable bonds is 2. The van der Waals surface area contributed by atoms with Crippen molar-refractivity contribution in [3.05, 3.63) is 59.0 Å². The summed E-state index contributed by atoms with van der Waals surface area (Å²) < 4.78 is 1.96. The molecule has 0 fully saturated rings. The molecule has 3 heterocycles. The van der Waals surface area contributed by atoms with Gasteiger partial charge in [0.25, 0.3) is 0 Å². The minimum absolute atomic E-state index is 0.0150. The molecule has 0 saturated carbocycles. The van der Waals surface area contributed by atoms with Crippen LogP contribution in [0.1, 0.15) is 27.8 Å². The van der Waals surface area contributed by atoms with Gasteiger partial charge in [0.15, 0.2) is 0 Å². The molecular weight excluding hydrogens is 322 g/mol. The van der Waals surface area contributed by atoms with Crippen LogP contribution in [-0.4, -0.2) is 31.6 Å². The molecule has 4 rings (SSSR count). The molecule has 1 atom stereocenters. The maximum absolute atomic E-state index is 11.9. The second-order valence-electron chi connectivity index (χ2n) is 5.77. The summed E-state index contributed by atoms with van der Waals surface area (Å²) in [4.78, 5) is 11.9. The highest BCUT2D eigenvalue weighted by Gasteiger charge is 2.30. The van der Waals surface area contributed by atoms with Crippen LogP contribution in [0.15, 0.2) is 36.5 Å². The number of nitrogens with zero attached hydrogens (tertiary/aromatic N) is 3. The second-order valence-corrected chi connectivity index (χ2v) is 6.86. The van der Waals surface area contributed by atoms with Crippen molar-refractivity contribution < 1.29 is 4.79 Å². The number of carbonyl (C=O) groups excluding carboxylic acids is 1. The molecule has 0 radical (unpaired) electrons. The van der Waals surface area contributed by atoms with Gasteiger partial charge in [0.2, 0.25) is 5.91 Å². The predicted molar refractivity (Wildman–Crippen MR) is 94.6 cm³/mol. The van der Waals surface area contributed by atoms with Crippen LogP contribution in [0.3, 0.4) is 0 Å². The Morgan fingerprint density at radius 1 is 1.25 bits per heavy atom. The van der Waals surface area contributed by atoms with Crippen LogP contribution in [0.4, 0.5) is 5.82 Å². The molecule has 2 N–H and O–H groups in total. The van der Waals surface area contributed by atoms with Gasteiger partial charge in [0.05, 0.1) is 28.6 Å². The molecule has 3 aromatic rings. The number of amides is 1. The van der Waals surface area contributed by atoms with Crippen molar-refractivity contribution >= 4 is 23.5 Å². The fourth-order valence-corrected chi connectivity index (χ4v) is 4.37. The lowest BCUT2D eigenvalue weighted by Gasteiger charge is -2.14. The molecular formula is C17H17N5OS.